The molecule has 0 aromatic heterocycles. The predicted octanol–water partition coefficient (Wildman–Crippen LogP) is 2.82. The maximum absolute atomic E-state index is 3.66. The van der Waals surface area contributed by atoms with Crippen LogP contribution in [0.15, 0.2) is 30.3 Å². The molecule has 0 bridgehead atoms. The standard InChI is InChI=1S/C15H24N2/c1-4-14-11-17(12(2)3)15(10-16-14)13-8-6-5-7-9-13/h5-9,12,14-16H,4,10-11H2,1-3H3. The van der Waals surface area contributed by atoms with E-state index in [0.29, 0.717) is 18.1 Å². The fourth-order valence-corrected chi connectivity index (χ4v) is 2.67. The molecule has 0 spiro atoms. The highest BCUT2D eigenvalue weighted by atomic mass is 15.2. The average molecular weight is 232 g/mol. The molecule has 0 radical (unpaired) electrons. The minimum absolute atomic E-state index is 0.527. The van der Waals surface area contributed by atoms with Gasteiger partial charge in [0, 0.05) is 31.2 Å². The van der Waals surface area contributed by atoms with Crippen molar-refractivity contribution < 1.29 is 0 Å². The third kappa shape index (κ3) is 2.88. The van der Waals surface area contributed by atoms with Crippen molar-refractivity contribution in [1.82, 2.24) is 10.2 Å². The van der Waals surface area contributed by atoms with Crippen LogP contribution in [0.5, 0.6) is 0 Å². The molecule has 0 saturated carbocycles. The molecular weight excluding hydrogens is 208 g/mol. The summed E-state index contributed by atoms with van der Waals surface area (Å²) >= 11 is 0. The molecule has 1 saturated heterocycles. The first kappa shape index (κ1) is 12.6. The first-order valence-electron chi connectivity index (χ1n) is 6.76. The molecule has 2 rings (SSSR count). The maximum atomic E-state index is 3.66. The van der Waals surface area contributed by atoms with Gasteiger partial charge in [0.2, 0.25) is 0 Å². The lowest BCUT2D eigenvalue weighted by atomic mass is 9.98. The minimum atomic E-state index is 0.527. The average Bonchev–Trinajstić information content (AvgIpc) is 2.39. The zero-order chi connectivity index (χ0) is 12.3. The number of piperazine rings is 1. The van der Waals surface area contributed by atoms with Crippen molar-refractivity contribution in [2.24, 2.45) is 0 Å². The van der Waals surface area contributed by atoms with Crippen LogP contribution >= 0.6 is 0 Å². The van der Waals surface area contributed by atoms with E-state index >= 15 is 0 Å². The SMILES string of the molecule is CCC1CN(C(C)C)C(c2ccccc2)CN1. The van der Waals surface area contributed by atoms with Crippen molar-refractivity contribution in [3.05, 3.63) is 35.9 Å². The summed E-state index contributed by atoms with van der Waals surface area (Å²) in [5, 5.41) is 3.66. The predicted molar refractivity (Wildman–Crippen MR) is 73.1 cm³/mol. The summed E-state index contributed by atoms with van der Waals surface area (Å²) < 4.78 is 0. The van der Waals surface area contributed by atoms with Crippen LogP contribution in [0.3, 0.4) is 0 Å². The molecule has 2 atom stereocenters. The third-order valence-electron chi connectivity index (χ3n) is 3.77. The lowest BCUT2D eigenvalue weighted by Gasteiger charge is -2.43. The number of hydrogen-bond donors (Lipinski definition) is 1. The van der Waals surface area contributed by atoms with Crippen molar-refractivity contribution in [3.63, 3.8) is 0 Å². The minimum Gasteiger partial charge on any atom is -0.311 e. The van der Waals surface area contributed by atoms with Gasteiger partial charge in [0.1, 0.15) is 0 Å². The van der Waals surface area contributed by atoms with E-state index < -0.39 is 0 Å². The highest BCUT2D eigenvalue weighted by molar-refractivity contribution is 5.20. The monoisotopic (exact) mass is 232 g/mol. The molecule has 17 heavy (non-hydrogen) atoms. The molecule has 1 heterocycles. The van der Waals surface area contributed by atoms with Gasteiger partial charge < -0.3 is 5.32 Å². The molecule has 1 N–H and O–H groups in total. The van der Waals surface area contributed by atoms with Gasteiger partial charge in [-0.2, -0.15) is 0 Å². The van der Waals surface area contributed by atoms with Crippen LogP contribution in [0.1, 0.15) is 38.8 Å². The van der Waals surface area contributed by atoms with Crippen LogP contribution in [0.4, 0.5) is 0 Å². The summed E-state index contributed by atoms with van der Waals surface area (Å²) in [5.41, 5.74) is 1.43. The van der Waals surface area contributed by atoms with Gasteiger partial charge in [0.05, 0.1) is 0 Å². The number of nitrogens with zero attached hydrogens (tertiary/aromatic N) is 1. The second kappa shape index (κ2) is 5.65. The molecule has 1 aromatic carbocycles. The Bertz CT molecular complexity index is 334. The van der Waals surface area contributed by atoms with E-state index in [-0.39, 0.29) is 0 Å². The van der Waals surface area contributed by atoms with Gasteiger partial charge in [0.25, 0.3) is 0 Å². The zero-order valence-electron chi connectivity index (χ0n) is 11.2. The van der Waals surface area contributed by atoms with Crippen LogP contribution in [0, 0.1) is 0 Å². The lowest BCUT2D eigenvalue weighted by Crippen LogP contribution is -2.54. The fourth-order valence-electron chi connectivity index (χ4n) is 2.67. The first-order valence-corrected chi connectivity index (χ1v) is 6.76. The largest absolute Gasteiger partial charge is 0.311 e. The molecular formula is C15H24N2. The summed E-state index contributed by atoms with van der Waals surface area (Å²) in [7, 11) is 0. The molecule has 1 aromatic rings. The smallest absolute Gasteiger partial charge is 0.0476 e. The Balaban J connectivity index is 2.16. The third-order valence-corrected chi connectivity index (χ3v) is 3.77. The van der Waals surface area contributed by atoms with E-state index in [1.54, 1.807) is 0 Å². The maximum Gasteiger partial charge on any atom is 0.0476 e. The Morgan fingerprint density at radius 1 is 1.29 bits per heavy atom. The summed E-state index contributed by atoms with van der Waals surface area (Å²) in [5.74, 6) is 0. The van der Waals surface area contributed by atoms with Crippen LogP contribution in [-0.2, 0) is 0 Å². The first-order chi connectivity index (χ1) is 8.22. The molecule has 1 fully saturated rings. The van der Waals surface area contributed by atoms with E-state index in [1.807, 2.05) is 0 Å². The zero-order valence-corrected chi connectivity index (χ0v) is 11.2. The molecule has 2 nitrogen and oxygen atoms in total. The molecule has 2 heteroatoms. The van der Waals surface area contributed by atoms with Crippen molar-refractivity contribution in [3.8, 4) is 0 Å². The molecule has 0 aliphatic carbocycles. The van der Waals surface area contributed by atoms with Crippen LogP contribution in [0.2, 0.25) is 0 Å². The van der Waals surface area contributed by atoms with Crippen molar-refractivity contribution >= 4 is 0 Å². The number of benzene rings is 1. The normalized spacial score (nSPS) is 26.4. The van der Waals surface area contributed by atoms with E-state index in [0.717, 1.165) is 13.1 Å². The number of hydrogen-bond acceptors (Lipinski definition) is 2. The quantitative estimate of drug-likeness (QED) is 0.862. The fraction of sp³-hybridized carbons (Fsp3) is 0.600. The summed E-state index contributed by atoms with van der Waals surface area (Å²) in [4.78, 5) is 2.62. The Morgan fingerprint density at radius 3 is 2.59 bits per heavy atom. The van der Waals surface area contributed by atoms with Crippen molar-refractivity contribution in [2.45, 2.75) is 45.3 Å². The molecule has 1 aliphatic rings. The highest BCUT2D eigenvalue weighted by Gasteiger charge is 2.29. The van der Waals surface area contributed by atoms with Gasteiger partial charge in [-0.05, 0) is 25.8 Å². The van der Waals surface area contributed by atoms with Gasteiger partial charge in [-0.25, -0.2) is 0 Å². The van der Waals surface area contributed by atoms with Gasteiger partial charge in [-0.15, -0.1) is 0 Å². The lowest BCUT2D eigenvalue weighted by molar-refractivity contribution is 0.0953. The Hall–Kier alpha value is -0.860. The second-order valence-electron chi connectivity index (χ2n) is 5.23. The van der Waals surface area contributed by atoms with E-state index in [4.69, 9.17) is 0 Å². The van der Waals surface area contributed by atoms with Crippen molar-refractivity contribution in [1.29, 1.82) is 0 Å². The van der Waals surface area contributed by atoms with Gasteiger partial charge in [-0.1, -0.05) is 37.3 Å². The van der Waals surface area contributed by atoms with Crippen LogP contribution < -0.4 is 5.32 Å². The van der Waals surface area contributed by atoms with Crippen LogP contribution in [0.25, 0.3) is 0 Å². The Kier molecular flexibility index (Phi) is 4.19. The summed E-state index contributed by atoms with van der Waals surface area (Å²) in [6, 6.07) is 12.6. The van der Waals surface area contributed by atoms with Crippen molar-refractivity contribution in [2.75, 3.05) is 13.1 Å². The Labute approximate surface area is 105 Å². The molecule has 0 amide bonds. The number of rotatable bonds is 3. The van der Waals surface area contributed by atoms with Gasteiger partial charge in [-0.3, -0.25) is 4.90 Å². The molecule has 2 unspecified atom stereocenters. The summed E-state index contributed by atoms with van der Waals surface area (Å²) in [6.45, 7) is 9.09. The summed E-state index contributed by atoms with van der Waals surface area (Å²) in [6.07, 6.45) is 1.21. The van der Waals surface area contributed by atoms with Crippen LogP contribution in [-0.4, -0.2) is 30.1 Å². The van der Waals surface area contributed by atoms with Gasteiger partial charge >= 0.3 is 0 Å². The second-order valence-corrected chi connectivity index (χ2v) is 5.23. The van der Waals surface area contributed by atoms with E-state index in [2.05, 4.69) is 61.3 Å². The number of nitrogens with one attached hydrogen (secondary N) is 1. The molecule has 1 aliphatic heterocycles. The van der Waals surface area contributed by atoms with Gasteiger partial charge in [0.15, 0.2) is 0 Å². The topological polar surface area (TPSA) is 15.3 Å². The van der Waals surface area contributed by atoms with E-state index in [9.17, 15) is 0 Å². The Morgan fingerprint density at radius 2 is 2.00 bits per heavy atom. The molecule has 94 valence electrons. The highest BCUT2D eigenvalue weighted by Crippen LogP contribution is 2.26. The van der Waals surface area contributed by atoms with E-state index in [1.165, 1.54) is 12.0 Å².